The molecule has 1 aromatic heterocycles. The Bertz CT molecular complexity index is 979. The summed E-state index contributed by atoms with van der Waals surface area (Å²) in [6, 6.07) is 5.28. The number of aromatic nitrogens is 3. The SMILES string of the molecule is Cn1cnnc1S(=O)(=O)C1CCN(S(=O)(=O)Cc2ccc(F)cc2)CC1. The van der Waals surface area contributed by atoms with Crippen molar-refractivity contribution in [3.8, 4) is 0 Å². The molecule has 1 fully saturated rings. The fraction of sp³-hybridized carbons (Fsp3) is 0.467. The second kappa shape index (κ2) is 7.05. The Balaban J connectivity index is 1.68. The van der Waals surface area contributed by atoms with Gasteiger partial charge in [-0.25, -0.2) is 25.5 Å². The summed E-state index contributed by atoms with van der Waals surface area (Å²) in [5.74, 6) is -0.672. The summed E-state index contributed by atoms with van der Waals surface area (Å²) < 4.78 is 65.9. The molecule has 0 aliphatic carbocycles. The van der Waals surface area contributed by atoms with E-state index in [1.54, 1.807) is 7.05 Å². The van der Waals surface area contributed by atoms with Crippen molar-refractivity contribution in [2.75, 3.05) is 13.1 Å². The largest absolute Gasteiger partial charge is 0.308 e. The number of hydrogen-bond donors (Lipinski definition) is 0. The van der Waals surface area contributed by atoms with Crippen molar-refractivity contribution >= 4 is 19.9 Å². The standard InChI is InChI=1S/C15H19FN4O4S2/c1-19-11-17-18-15(19)26(23,24)14-6-8-20(9-7-14)25(21,22)10-12-2-4-13(16)5-3-12/h2-5,11,14H,6-10H2,1H3. The molecule has 0 radical (unpaired) electrons. The van der Waals surface area contributed by atoms with Gasteiger partial charge in [-0.15, -0.1) is 10.2 Å². The molecule has 3 rings (SSSR count). The van der Waals surface area contributed by atoms with Crippen LogP contribution in [-0.4, -0.2) is 54.2 Å². The number of sulfone groups is 1. The van der Waals surface area contributed by atoms with E-state index in [-0.39, 0.29) is 36.8 Å². The first-order chi connectivity index (χ1) is 12.2. The highest BCUT2D eigenvalue weighted by atomic mass is 32.2. The van der Waals surface area contributed by atoms with Crippen LogP contribution in [-0.2, 0) is 32.7 Å². The zero-order valence-corrected chi connectivity index (χ0v) is 15.7. The molecule has 0 unspecified atom stereocenters. The lowest BCUT2D eigenvalue weighted by Gasteiger charge is -2.30. The van der Waals surface area contributed by atoms with Crippen molar-refractivity contribution in [1.29, 1.82) is 0 Å². The molecule has 0 bridgehead atoms. The third-order valence-corrected chi connectivity index (χ3v) is 8.50. The molecule has 1 aliphatic heterocycles. The van der Waals surface area contributed by atoms with E-state index < -0.39 is 30.9 Å². The number of sulfonamides is 1. The Morgan fingerprint density at radius 3 is 2.27 bits per heavy atom. The minimum atomic E-state index is -3.66. The van der Waals surface area contributed by atoms with Gasteiger partial charge in [0.05, 0.1) is 11.0 Å². The molecule has 0 amide bonds. The second-order valence-electron chi connectivity index (χ2n) is 6.25. The van der Waals surface area contributed by atoms with E-state index in [2.05, 4.69) is 10.2 Å². The van der Waals surface area contributed by atoms with E-state index in [4.69, 9.17) is 0 Å². The van der Waals surface area contributed by atoms with Crippen molar-refractivity contribution in [3.63, 3.8) is 0 Å². The molecule has 26 heavy (non-hydrogen) atoms. The van der Waals surface area contributed by atoms with Crippen molar-refractivity contribution in [1.82, 2.24) is 19.1 Å². The third kappa shape index (κ3) is 3.79. The van der Waals surface area contributed by atoms with E-state index >= 15 is 0 Å². The molecular formula is C15H19FN4O4S2. The Morgan fingerprint density at radius 2 is 1.73 bits per heavy atom. The molecule has 2 aromatic rings. The summed E-state index contributed by atoms with van der Waals surface area (Å²) in [6.45, 7) is 0.233. The Kier molecular flexibility index (Phi) is 5.13. The third-order valence-electron chi connectivity index (χ3n) is 4.42. The number of rotatable bonds is 5. The van der Waals surface area contributed by atoms with E-state index in [0.29, 0.717) is 5.56 Å². The molecule has 0 N–H and O–H groups in total. The maximum atomic E-state index is 12.9. The molecule has 1 saturated heterocycles. The first-order valence-electron chi connectivity index (χ1n) is 8.00. The first kappa shape index (κ1) is 18.9. The lowest BCUT2D eigenvalue weighted by atomic mass is 10.2. The van der Waals surface area contributed by atoms with E-state index in [1.165, 1.54) is 39.5 Å². The molecule has 0 saturated carbocycles. The average Bonchev–Trinajstić information content (AvgIpc) is 3.04. The summed E-state index contributed by atoms with van der Waals surface area (Å²) >= 11 is 0. The molecular weight excluding hydrogens is 383 g/mol. The quantitative estimate of drug-likeness (QED) is 0.730. The highest BCUT2D eigenvalue weighted by Crippen LogP contribution is 2.25. The van der Waals surface area contributed by atoms with Gasteiger partial charge in [0.1, 0.15) is 12.1 Å². The normalized spacial score (nSPS) is 17.5. The van der Waals surface area contributed by atoms with Gasteiger partial charge in [-0.1, -0.05) is 12.1 Å². The molecule has 11 heteroatoms. The summed E-state index contributed by atoms with van der Waals surface area (Å²) in [6.07, 6.45) is 1.70. The molecule has 1 aliphatic rings. The molecule has 1 aromatic carbocycles. The monoisotopic (exact) mass is 402 g/mol. The van der Waals surface area contributed by atoms with Gasteiger partial charge in [0.2, 0.25) is 25.0 Å². The number of halogens is 1. The average molecular weight is 402 g/mol. The Morgan fingerprint density at radius 1 is 1.12 bits per heavy atom. The van der Waals surface area contributed by atoms with Crippen LogP contribution in [0, 0.1) is 5.82 Å². The second-order valence-corrected chi connectivity index (χ2v) is 10.3. The van der Waals surface area contributed by atoms with E-state index in [1.807, 2.05) is 0 Å². The van der Waals surface area contributed by atoms with E-state index in [9.17, 15) is 21.2 Å². The number of aryl methyl sites for hydroxylation is 1. The Hall–Kier alpha value is -1.85. The van der Waals surface area contributed by atoms with Gasteiger partial charge in [-0.2, -0.15) is 0 Å². The van der Waals surface area contributed by atoms with Gasteiger partial charge < -0.3 is 4.57 Å². The number of hydrogen-bond acceptors (Lipinski definition) is 6. The highest BCUT2D eigenvalue weighted by Gasteiger charge is 2.37. The van der Waals surface area contributed by atoms with Gasteiger partial charge in [0, 0.05) is 20.1 Å². The van der Waals surface area contributed by atoms with Crippen LogP contribution in [0.3, 0.4) is 0 Å². The fourth-order valence-electron chi connectivity index (χ4n) is 2.98. The van der Waals surface area contributed by atoms with Crippen molar-refractivity contribution in [2.45, 2.75) is 29.0 Å². The molecule has 2 heterocycles. The Labute approximate surface area is 151 Å². The first-order valence-corrected chi connectivity index (χ1v) is 11.2. The maximum Gasteiger partial charge on any atom is 0.249 e. The maximum absolute atomic E-state index is 12.9. The zero-order chi connectivity index (χ0) is 18.9. The summed E-state index contributed by atoms with van der Waals surface area (Å²) in [7, 11) is -5.70. The predicted molar refractivity (Wildman–Crippen MR) is 91.8 cm³/mol. The minimum Gasteiger partial charge on any atom is -0.308 e. The van der Waals surface area contributed by atoms with Crippen LogP contribution < -0.4 is 0 Å². The summed E-state index contributed by atoms with van der Waals surface area (Å²) in [5.41, 5.74) is 0.486. The van der Waals surface area contributed by atoms with Crippen LogP contribution in [0.1, 0.15) is 18.4 Å². The number of nitrogens with zero attached hydrogens (tertiary/aromatic N) is 4. The van der Waals surface area contributed by atoms with Gasteiger partial charge >= 0.3 is 0 Å². The van der Waals surface area contributed by atoms with Crippen molar-refractivity contribution < 1.29 is 21.2 Å². The smallest absolute Gasteiger partial charge is 0.249 e. The van der Waals surface area contributed by atoms with Crippen LogP contribution in [0.15, 0.2) is 35.7 Å². The summed E-state index contributed by atoms with van der Waals surface area (Å²) in [4.78, 5) is 0. The van der Waals surface area contributed by atoms with Crippen LogP contribution in [0.2, 0.25) is 0 Å². The van der Waals surface area contributed by atoms with Crippen LogP contribution in [0.5, 0.6) is 0 Å². The van der Waals surface area contributed by atoms with Crippen LogP contribution in [0.4, 0.5) is 4.39 Å². The van der Waals surface area contributed by atoms with Gasteiger partial charge in [0.25, 0.3) is 0 Å². The minimum absolute atomic E-state index is 0.106. The van der Waals surface area contributed by atoms with Crippen molar-refractivity contribution in [3.05, 3.63) is 42.0 Å². The number of benzene rings is 1. The van der Waals surface area contributed by atoms with Gasteiger partial charge in [-0.3, -0.25) is 0 Å². The summed E-state index contributed by atoms with van der Waals surface area (Å²) in [5, 5.41) is 6.45. The molecule has 142 valence electrons. The zero-order valence-electron chi connectivity index (χ0n) is 14.1. The van der Waals surface area contributed by atoms with Gasteiger partial charge in [-0.05, 0) is 30.5 Å². The van der Waals surface area contributed by atoms with Gasteiger partial charge in [0.15, 0.2) is 0 Å². The van der Waals surface area contributed by atoms with Crippen LogP contribution >= 0.6 is 0 Å². The fourth-order valence-corrected chi connectivity index (χ4v) is 6.28. The highest BCUT2D eigenvalue weighted by molar-refractivity contribution is 7.92. The molecule has 0 atom stereocenters. The lowest BCUT2D eigenvalue weighted by Crippen LogP contribution is -2.43. The predicted octanol–water partition coefficient (Wildman–Crippen LogP) is 0.722. The topological polar surface area (TPSA) is 102 Å². The number of piperidine rings is 1. The van der Waals surface area contributed by atoms with Crippen molar-refractivity contribution in [2.24, 2.45) is 7.05 Å². The lowest BCUT2D eigenvalue weighted by molar-refractivity contribution is 0.344. The van der Waals surface area contributed by atoms with E-state index in [0.717, 1.165) is 0 Å². The van der Waals surface area contributed by atoms with Crippen LogP contribution in [0.25, 0.3) is 0 Å². The molecule has 0 spiro atoms. The molecule has 8 nitrogen and oxygen atoms in total.